The highest BCUT2D eigenvalue weighted by atomic mass is 32.2. The Labute approximate surface area is 129 Å². The van der Waals surface area contributed by atoms with Crippen molar-refractivity contribution in [1.29, 1.82) is 0 Å². The molecule has 1 fully saturated rings. The summed E-state index contributed by atoms with van der Waals surface area (Å²) in [5.74, 6) is 0.573. The number of rotatable bonds is 7. The van der Waals surface area contributed by atoms with Crippen LogP contribution in [0.15, 0.2) is 30.3 Å². The molecule has 118 valence electrons. The third kappa shape index (κ3) is 4.82. The second kappa shape index (κ2) is 6.93. The molecule has 0 amide bonds. The zero-order valence-corrected chi connectivity index (χ0v) is 14.0. The first-order valence-corrected chi connectivity index (χ1v) is 9.79. The van der Waals surface area contributed by atoms with Crippen LogP contribution in [0.25, 0.3) is 0 Å². The number of hydrogen-bond donors (Lipinski definition) is 1. The summed E-state index contributed by atoms with van der Waals surface area (Å²) in [6.07, 6.45) is 5.37. The smallest absolute Gasteiger partial charge is 0.152 e. The van der Waals surface area contributed by atoms with Crippen molar-refractivity contribution in [2.24, 2.45) is 0 Å². The maximum atomic E-state index is 11.8. The maximum absolute atomic E-state index is 11.8. The summed E-state index contributed by atoms with van der Waals surface area (Å²) in [6, 6.07) is 10.6. The highest BCUT2D eigenvalue weighted by Gasteiger charge is 2.39. The quantitative estimate of drug-likeness (QED) is 0.784. The molecule has 1 aromatic carbocycles. The van der Waals surface area contributed by atoms with Gasteiger partial charge in [-0.1, -0.05) is 56.5 Å². The molecular formula is C17H27NO2S. The van der Waals surface area contributed by atoms with E-state index >= 15 is 0 Å². The highest BCUT2D eigenvalue weighted by molar-refractivity contribution is 7.91. The molecule has 1 saturated heterocycles. The molecule has 2 atom stereocenters. The van der Waals surface area contributed by atoms with Crippen LogP contribution < -0.4 is 5.32 Å². The summed E-state index contributed by atoms with van der Waals surface area (Å²) >= 11 is 0. The van der Waals surface area contributed by atoms with Gasteiger partial charge in [0.05, 0.1) is 11.5 Å². The topological polar surface area (TPSA) is 46.2 Å². The van der Waals surface area contributed by atoms with Crippen molar-refractivity contribution in [1.82, 2.24) is 5.32 Å². The van der Waals surface area contributed by atoms with Crippen LogP contribution in [0.1, 0.15) is 57.6 Å². The molecule has 1 aliphatic heterocycles. The largest absolute Gasteiger partial charge is 0.304 e. The van der Waals surface area contributed by atoms with Gasteiger partial charge in [-0.05, 0) is 25.3 Å². The van der Waals surface area contributed by atoms with E-state index in [1.54, 1.807) is 0 Å². The van der Waals surface area contributed by atoms with E-state index in [1.807, 2.05) is 13.0 Å². The van der Waals surface area contributed by atoms with Crippen molar-refractivity contribution in [3.63, 3.8) is 0 Å². The second-order valence-electron chi connectivity index (χ2n) is 6.51. The van der Waals surface area contributed by atoms with Gasteiger partial charge in [0.1, 0.15) is 0 Å². The third-order valence-corrected chi connectivity index (χ3v) is 6.23. The van der Waals surface area contributed by atoms with Crippen LogP contribution in [0.5, 0.6) is 0 Å². The zero-order valence-electron chi connectivity index (χ0n) is 13.1. The summed E-state index contributed by atoms with van der Waals surface area (Å²) < 4.78 is 23.6. The summed E-state index contributed by atoms with van der Waals surface area (Å²) in [7, 11) is -2.87. The molecule has 2 unspecified atom stereocenters. The monoisotopic (exact) mass is 309 g/mol. The van der Waals surface area contributed by atoms with Crippen LogP contribution in [0.3, 0.4) is 0 Å². The van der Waals surface area contributed by atoms with Gasteiger partial charge < -0.3 is 5.32 Å². The Morgan fingerprint density at radius 3 is 2.52 bits per heavy atom. The van der Waals surface area contributed by atoms with Gasteiger partial charge in [-0.25, -0.2) is 8.42 Å². The van der Waals surface area contributed by atoms with Gasteiger partial charge in [0, 0.05) is 11.6 Å². The normalized spacial score (nSPS) is 25.8. The van der Waals surface area contributed by atoms with Gasteiger partial charge in [0.15, 0.2) is 9.84 Å². The van der Waals surface area contributed by atoms with Gasteiger partial charge >= 0.3 is 0 Å². The second-order valence-corrected chi connectivity index (χ2v) is 8.69. The van der Waals surface area contributed by atoms with Gasteiger partial charge in [-0.3, -0.25) is 0 Å². The number of sulfone groups is 1. The molecule has 1 N–H and O–H groups in total. The molecule has 0 bridgehead atoms. The van der Waals surface area contributed by atoms with Crippen LogP contribution in [-0.2, 0) is 9.84 Å². The lowest BCUT2D eigenvalue weighted by Crippen LogP contribution is -2.45. The van der Waals surface area contributed by atoms with Crippen LogP contribution in [-0.4, -0.2) is 25.5 Å². The Morgan fingerprint density at radius 1 is 1.24 bits per heavy atom. The molecule has 4 heteroatoms. The molecule has 0 radical (unpaired) electrons. The highest BCUT2D eigenvalue weighted by Crippen LogP contribution is 2.29. The molecule has 2 rings (SSSR count). The van der Waals surface area contributed by atoms with E-state index in [-0.39, 0.29) is 17.3 Å². The van der Waals surface area contributed by atoms with E-state index < -0.39 is 9.84 Å². The fourth-order valence-electron chi connectivity index (χ4n) is 3.15. The Balaban J connectivity index is 2.09. The molecule has 21 heavy (non-hydrogen) atoms. The van der Waals surface area contributed by atoms with E-state index in [4.69, 9.17) is 0 Å². The minimum Gasteiger partial charge on any atom is -0.304 e. The average Bonchev–Trinajstić information content (AvgIpc) is 2.73. The Bertz CT molecular complexity index is 541. The fourth-order valence-corrected chi connectivity index (χ4v) is 5.26. The molecule has 0 spiro atoms. The number of unbranched alkanes of at least 4 members (excludes halogenated alkanes) is 2. The van der Waals surface area contributed by atoms with E-state index in [0.717, 1.165) is 6.42 Å². The minimum absolute atomic E-state index is 0.246. The first-order valence-electron chi connectivity index (χ1n) is 7.97. The first-order chi connectivity index (χ1) is 9.94. The standard InChI is InChI=1S/C17H27NO2S/c1-3-4-6-11-16(15-9-7-5-8-10-15)18-17(2)12-13-21(19,20)14-17/h5,7-10,16,18H,3-4,6,11-14H2,1-2H3. The molecule has 1 aliphatic rings. The predicted molar refractivity (Wildman–Crippen MR) is 88.1 cm³/mol. The molecular weight excluding hydrogens is 282 g/mol. The summed E-state index contributed by atoms with van der Waals surface area (Å²) in [4.78, 5) is 0. The number of benzene rings is 1. The lowest BCUT2D eigenvalue weighted by Gasteiger charge is -2.31. The van der Waals surface area contributed by atoms with Crippen LogP contribution in [0.4, 0.5) is 0 Å². The van der Waals surface area contributed by atoms with Gasteiger partial charge in [-0.2, -0.15) is 0 Å². The average molecular weight is 309 g/mol. The van der Waals surface area contributed by atoms with Crippen molar-refractivity contribution < 1.29 is 8.42 Å². The lowest BCUT2D eigenvalue weighted by molar-refractivity contribution is 0.326. The Hall–Kier alpha value is -0.870. The van der Waals surface area contributed by atoms with Gasteiger partial charge in [0.25, 0.3) is 0 Å². The Morgan fingerprint density at radius 2 is 1.95 bits per heavy atom. The summed E-state index contributed by atoms with van der Waals surface area (Å²) in [6.45, 7) is 4.25. The fraction of sp³-hybridized carbons (Fsp3) is 0.647. The number of nitrogens with one attached hydrogen (secondary N) is 1. The van der Waals surface area contributed by atoms with Gasteiger partial charge in [-0.15, -0.1) is 0 Å². The van der Waals surface area contributed by atoms with Crippen LogP contribution >= 0.6 is 0 Å². The zero-order chi connectivity index (χ0) is 15.3. The van der Waals surface area contributed by atoms with Crippen molar-refractivity contribution in [2.45, 2.75) is 57.5 Å². The third-order valence-electron chi connectivity index (χ3n) is 4.32. The molecule has 0 saturated carbocycles. The molecule has 1 heterocycles. The van der Waals surface area contributed by atoms with Gasteiger partial charge in [0.2, 0.25) is 0 Å². The Kier molecular flexibility index (Phi) is 5.44. The summed E-state index contributed by atoms with van der Waals surface area (Å²) in [5, 5.41) is 3.64. The number of hydrogen-bond acceptors (Lipinski definition) is 3. The maximum Gasteiger partial charge on any atom is 0.152 e. The van der Waals surface area contributed by atoms with Crippen molar-refractivity contribution >= 4 is 9.84 Å². The van der Waals surface area contributed by atoms with E-state index in [1.165, 1.54) is 24.8 Å². The summed E-state index contributed by atoms with van der Waals surface area (Å²) in [5.41, 5.74) is 0.977. The predicted octanol–water partition coefficient (Wildman–Crippen LogP) is 3.47. The SMILES string of the molecule is CCCCCC(NC1(C)CCS(=O)(=O)C1)c1ccccc1. The molecule has 0 aliphatic carbocycles. The van der Waals surface area contributed by atoms with Crippen LogP contribution in [0.2, 0.25) is 0 Å². The molecule has 1 aromatic rings. The minimum atomic E-state index is -2.87. The van der Waals surface area contributed by atoms with Crippen LogP contribution in [0, 0.1) is 0 Å². The molecule has 3 nitrogen and oxygen atoms in total. The van der Waals surface area contributed by atoms with Crippen molar-refractivity contribution in [2.75, 3.05) is 11.5 Å². The van der Waals surface area contributed by atoms with E-state index in [9.17, 15) is 8.42 Å². The van der Waals surface area contributed by atoms with Crippen molar-refractivity contribution in [3.05, 3.63) is 35.9 Å². The molecule has 0 aromatic heterocycles. The lowest BCUT2D eigenvalue weighted by atomic mass is 9.94. The van der Waals surface area contributed by atoms with E-state index in [2.05, 4.69) is 36.5 Å². The van der Waals surface area contributed by atoms with E-state index in [0.29, 0.717) is 12.2 Å². The van der Waals surface area contributed by atoms with Crippen molar-refractivity contribution in [3.8, 4) is 0 Å². The first kappa shape index (κ1) is 16.5.